The van der Waals surface area contributed by atoms with Gasteiger partial charge >= 0.3 is 5.97 Å². The minimum Gasteiger partial charge on any atom is -0.497 e. The Kier molecular flexibility index (Phi) is 5.86. The fraction of sp³-hybridized carbons (Fsp3) is 0.417. The van der Waals surface area contributed by atoms with Crippen LogP contribution in [0, 0.1) is 0 Å². The summed E-state index contributed by atoms with van der Waals surface area (Å²) in [5.41, 5.74) is 1.16. The largest absolute Gasteiger partial charge is 0.497 e. The van der Waals surface area contributed by atoms with Gasteiger partial charge in [-0.2, -0.15) is 11.8 Å². The molecule has 1 aromatic rings. The molecule has 94 valence electrons. The van der Waals surface area contributed by atoms with E-state index in [-0.39, 0.29) is 0 Å². The first-order valence-corrected chi connectivity index (χ1v) is 6.43. The monoisotopic (exact) mass is 255 g/mol. The fourth-order valence-electron chi connectivity index (χ4n) is 1.29. The first kappa shape index (κ1) is 13.9. The number of ether oxygens (including phenoxy) is 1. The number of likely N-dealkylation sites (N-methyl/N-ethyl adjacent to an activating group) is 1. The smallest absolute Gasteiger partial charge is 0.321 e. The Bertz CT molecular complexity index is 353. The molecule has 1 rings (SSSR count). The molecule has 1 aromatic carbocycles. The van der Waals surface area contributed by atoms with E-state index in [2.05, 4.69) is 5.32 Å². The van der Waals surface area contributed by atoms with Crippen molar-refractivity contribution in [3.8, 4) is 5.75 Å². The van der Waals surface area contributed by atoms with E-state index in [9.17, 15) is 4.79 Å². The third kappa shape index (κ3) is 4.66. The molecule has 0 amide bonds. The number of carboxylic acid groups (broad SMARTS) is 1. The molecule has 0 aliphatic carbocycles. The van der Waals surface area contributed by atoms with E-state index < -0.39 is 12.0 Å². The van der Waals surface area contributed by atoms with Gasteiger partial charge < -0.3 is 15.2 Å². The first-order valence-electron chi connectivity index (χ1n) is 5.28. The number of thioether (sulfide) groups is 1. The van der Waals surface area contributed by atoms with E-state index in [1.54, 1.807) is 25.9 Å². The van der Waals surface area contributed by atoms with Crippen LogP contribution in [0.3, 0.4) is 0 Å². The molecule has 0 fully saturated rings. The van der Waals surface area contributed by atoms with Crippen molar-refractivity contribution in [3.63, 3.8) is 0 Å². The predicted octanol–water partition coefficient (Wildman–Crippen LogP) is 1.60. The molecule has 0 radical (unpaired) electrons. The topological polar surface area (TPSA) is 58.6 Å². The summed E-state index contributed by atoms with van der Waals surface area (Å²) in [6.07, 6.45) is 0. The quantitative estimate of drug-likeness (QED) is 0.775. The number of nitrogens with one attached hydrogen (secondary N) is 1. The SMILES string of the molecule is CN[C@@H](CSCc1ccc(OC)cc1)C(=O)O. The van der Waals surface area contributed by atoms with Crippen molar-refractivity contribution in [2.24, 2.45) is 0 Å². The molecule has 1 atom stereocenters. The number of methoxy groups -OCH3 is 1. The number of rotatable bonds is 7. The summed E-state index contributed by atoms with van der Waals surface area (Å²) in [6.45, 7) is 0. The first-order chi connectivity index (χ1) is 8.17. The van der Waals surface area contributed by atoms with E-state index in [0.717, 1.165) is 17.1 Å². The van der Waals surface area contributed by atoms with Crippen LogP contribution in [0.1, 0.15) is 5.56 Å². The van der Waals surface area contributed by atoms with Crippen LogP contribution in [0.4, 0.5) is 0 Å². The van der Waals surface area contributed by atoms with Gasteiger partial charge in [-0.15, -0.1) is 0 Å². The number of carbonyl (C=O) groups is 1. The molecule has 17 heavy (non-hydrogen) atoms. The van der Waals surface area contributed by atoms with Gasteiger partial charge in [0.25, 0.3) is 0 Å². The molecule has 0 spiro atoms. The van der Waals surface area contributed by atoms with Crippen LogP contribution in [0.25, 0.3) is 0 Å². The van der Waals surface area contributed by atoms with E-state index in [0.29, 0.717) is 5.75 Å². The van der Waals surface area contributed by atoms with Crippen molar-refractivity contribution in [1.29, 1.82) is 0 Å². The zero-order chi connectivity index (χ0) is 12.7. The Morgan fingerprint density at radius 3 is 2.59 bits per heavy atom. The zero-order valence-electron chi connectivity index (χ0n) is 9.97. The highest BCUT2D eigenvalue weighted by Crippen LogP contribution is 2.17. The lowest BCUT2D eigenvalue weighted by molar-refractivity contribution is -0.138. The van der Waals surface area contributed by atoms with Crippen LogP contribution in [-0.4, -0.2) is 37.0 Å². The molecule has 5 heteroatoms. The normalized spacial score (nSPS) is 12.1. The Balaban J connectivity index is 2.37. The minimum absolute atomic E-state index is 0.488. The van der Waals surface area contributed by atoms with Gasteiger partial charge in [0.05, 0.1) is 7.11 Å². The lowest BCUT2D eigenvalue weighted by Crippen LogP contribution is -2.36. The van der Waals surface area contributed by atoms with Gasteiger partial charge in [0, 0.05) is 11.5 Å². The van der Waals surface area contributed by atoms with Gasteiger partial charge in [0.1, 0.15) is 11.8 Å². The van der Waals surface area contributed by atoms with Gasteiger partial charge in [-0.1, -0.05) is 12.1 Å². The Morgan fingerprint density at radius 2 is 2.12 bits per heavy atom. The molecule has 0 aliphatic rings. The number of carboxylic acids is 1. The van der Waals surface area contributed by atoms with Crippen molar-refractivity contribution >= 4 is 17.7 Å². The van der Waals surface area contributed by atoms with Gasteiger partial charge in [-0.05, 0) is 24.7 Å². The highest BCUT2D eigenvalue weighted by Gasteiger charge is 2.13. The van der Waals surface area contributed by atoms with Crippen molar-refractivity contribution in [3.05, 3.63) is 29.8 Å². The second kappa shape index (κ2) is 7.19. The standard InChI is InChI=1S/C12H17NO3S/c1-13-11(12(14)15)8-17-7-9-3-5-10(16-2)6-4-9/h3-6,11,13H,7-8H2,1-2H3,(H,14,15)/t11-/m0/s1. The highest BCUT2D eigenvalue weighted by molar-refractivity contribution is 7.98. The summed E-state index contributed by atoms with van der Waals surface area (Å²) in [5.74, 6) is 1.37. The lowest BCUT2D eigenvalue weighted by Gasteiger charge is -2.10. The third-order valence-electron chi connectivity index (χ3n) is 2.36. The fourth-order valence-corrected chi connectivity index (χ4v) is 2.39. The van der Waals surface area contributed by atoms with Crippen molar-refractivity contribution < 1.29 is 14.6 Å². The summed E-state index contributed by atoms with van der Waals surface area (Å²) >= 11 is 1.60. The van der Waals surface area contributed by atoms with Crippen LogP contribution < -0.4 is 10.1 Å². The van der Waals surface area contributed by atoms with E-state index in [1.807, 2.05) is 24.3 Å². The summed E-state index contributed by atoms with van der Waals surface area (Å²) in [5, 5.41) is 11.6. The molecule has 4 nitrogen and oxygen atoms in total. The number of hydrogen-bond acceptors (Lipinski definition) is 4. The minimum atomic E-state index is -0.810. The number of aliphatic carboxylic acids is 1. The summed E-state index contributed by atoms with van der Waals surface area (Å²) in [4.78, 5) is 10.8. The van der Waals surface area contributed by atoms with E-state index in [4.69, 9.17) is 9.84 Å². The molecule has 0 unspecified atom stereocenters. The summed E-state index contributed by atoms with van der Waals surface area (Å²) in [6, 6.07) is 7.30. The lowest BCUT2D eigenvalue weighted by atomic mass is 10.2. The second-order valence-corrected chi connectivity index (χ2v) is 4.57. The molecule has 0 bridgehead atoms. The molecule has 0 saturated heterocycles. The summed E-state index contributed by atoms with van der Waals surface area (Å²) in [7, 11) is 3.29. The van der Waals surface area contributed by atoms with Crippen molar-refractivity contribution in [2.45, 2.75) is 11.8 Å². The molecular formula is C12H17NO3S. The van der Waals surface area contributed by atoms with Gasteiger partial charge in [-0.25, -0.2) is 0 Å². The van der Waals surface area contributed by atoms with Crippen LogP contribution in [0.5, 0.6) is 5.75 Å². The van der Waals surface area contributed by atoms with Crippen LogP contribution >= 0.6 is 11.8 Å². The van der Waals surface area contributed by atoms with E-state index in [1.165, 1.54) is 0 Å². The molecule has 0 aliphatic heterocycles. The average Bonchev–Trinajstić information content (AvgIpc) is 2.35. The zero-order valence-corrected chi connectivity index (χ0v) is 10.8. The Labute approximate surface area is 105 Å². The second-order valence-electron chi connectivity index (χ2n) is 3.54. The van der Waals surface area contributed by atoms with Crippen LogP contribution in [-0.2, 0) is 10.5 Å². The van der Waals surface area contributed by atoms with Crippen molar-refractivity contribution in [1.82, 2.24) is 5.32 Å². The molecule has 0 heterocycles. The molecular weight excluding hydrogens is 238 g/mol. The molecule has 2 N–H and O–H groups in total. The maximum absolute atomic E-state index is 10.8. The van der Waals surface area contributed by atoms with E-state index >= 15 is 0 Å². The Hall–Kier alpha value is -1.20. The maximum atomic E-state index is 10.8. The maximum Gasteiger partial charge on any atom is 0.321 e. The van der Waals surface area contributed by atoms with Gasteiger partial charge in [0.15, 0.2) is 0 Å². The Morgan fingerprint density at radius 1 is 1.47 bits per heavy atom. The predicted molar refractivity (Wildman–Crippen MR) is 69.6 cm³/mol. The molecule has 0 aromatic heterocycles. The van der Waals surface area contributed by atoms with Gasteiger partial charge in [0.2, 0.25) is 0 Å². The third-order valence-corrected chi connectivity index (χ3v) is 3.47. The molecule has 0 saturated carbocycles. The highest BCUT2D eigenvalue weighted by atomic mass is 32.2. The average molecular weight is 255 g/mol. The van der Waals surface area contributed by atoms with Crippen molar-refractivity contribution in [2.75, 3.05) is 19.9 Å². The number of hydrogen-bond donors (Lipinski definition) is 2. The van der Waals surface area contributed by atoms with Crippen LogP contribution in [0.2, 0.25) is 0 Å². The van der Waals surface area contributed by atoms with Crippen LogP contribution in [0.15, 0.2) is 24.3 Å². The number of benzene rings is 1. The summed E-state index contributed by atoms with van der Waals surface area (Å²) < 4.78 is 5.07. The van der Waals surface area contributed by atoms with Gasteiger partial charge in [-0.3, -0.25) is 4.79 Å².